The molecule has 15 heavy (non-hydrogen) atoms. The number of pyridine rings is 1. The zero-order chi connectivity index (χ0) is 11.1. The smallest absolute Gasteiger partial charge is 0.159 e. The number of aromatic nitrogens is 1. The van der Waals surface area contributed by atoms with Crippen LogP contribution in [0.4, 0.5) is 0 Å². The minimum absolute atomic E-state index is 0.0556. The second-order valence-corrected chi connectivity index (χ2v) is 3.31. The second-order valence-electron chi connectivity index (χ2n) is 3.31. The molecule has 0 unspecified atom stereocenters. The highest BCUT2D eigenvalue weighted by Crippen LogP contribution is 2.08. The molecule has 0 aliphatic rings. The van der Waals surface area contributed by atoms with Crippen molar-refractivity contribution >= 4 is 11.5 Å². The van der Waals surface area contributed by atoms with Crippen molar-refractivity contribution in [2.45, 2.75) is 26.2 Å². The van der Waals surface area contributed by atoms with Crippen LogP contribution in [-0.4, -0.2) is 15.9 Å². The molecule has 3 heteroatoms. The van der Waals surface area contributed by atoms with Gasteiger partial charge in [-0.1, -0.05) is 19.4 Å². The van der Waals surface area contributed by atoms with Crippen molar-refractivity contribution in [3.05, 3.63) is 36.2 Å². The van der Waals surface area contributed by atoms with Crippen LogP contribution < -0.4 is 0 Å². The molecule has 3 nitrogen and oxygen atoms in total. The number of carbonyl (C=O) groups excluding carboxylic acids is 1. The summed E-state index contributed by atoms with van der Waals surface area (Å²) in [6, 6.07) is 5.19. The number of allylic oxidation sites excluding steroid dienone is 1. The van der Waals surface area contributed by atoms with Gasteiger partial charge in [-0.15, -0.1) is 0 Å². The normalized spacial score (nSPS) is 11.4. The highest BCUT2D eigenvalue weighted by Gasteiger charge is 2.03. The Kier molecular flexibility index (Phi) is 4.54. The first-order valence-corrected chi connectivity index (χ1v) is 5.09. The molecular weight excluding hydrogens is 190 g/mol. The number of carbonyl (C=O) groups is 1. The van der Waals surface area contributed by atoms with E-state index in [2.05, 4.69) is 4.98 Å². The molecule has 0 atom stereocenters. The Labute approximate surface area is 89.5 Å². The van der Waals surface area contributed by atoms with Crippen molar-refractivity contribution in [3.63, 3.8) is 0 Å². The fourth-order valence-corrected chi connectivity index (χ4v) is 1.16. The first-order chi connectivity index (χ1) is 7.24. The third kappa shape index (κ3) is 3.94. The lowest BCUT2D eigenvalue weighted by atomic mass is 10.1. The molecule has 1 rings (SSSR count). The maximum atomic E-state index is 11.3. The van der Waals surface area contributed by atoms with Gasteiger partial charge in [-0.25, -0.2) is 0 Å². The molecule has 0 aliphatic carbocycles. The minimum Gasteiger partial charge on any atom is -0.506 e. The number of rotatable bonds is 5. The standard InChI is InChI=1S/C12H15NO2/c1-2-3-6-10(14)9-12(15)11-7-4-5-8-13-11/h4-5,7-9,15H,2-3,6H2,1H3/b12-9-. The Morgan fingerprint density at radius 3 is 2.93 bits per heavy atom. The van der Waals surface area contributed by atoms with Gasteiger partial charge < -0.3 is 5.11 Å². The van der Waals surface area contributed by atoms with Crippen LogP contribution in [0, 0.1) is 0 Å². The van der Waals surface area contributed by atoms with Crippen LogP contribution in [0.5, 0.6) is 0 Å². The number of ketones is 1. The molecule has 1 heterocycles. The molecule has 0 aromatic carbocycles. The molecule has 0 radical (unpaired) electrons. The molecule has 0 amide bonds. The topological polar surface area (TPSA) is 50.2 Å². The van der Waals surface area contributed by atoms with E-state index in [4.69, 9.17) is 0 Å². The Morgan fingerprint density at radius 2 is 2.33 bits per heavy atom. The molecule has 0 fully saturated rings. The van der Waals surface area contributed by atoms with Gasteiger partial charge in [0.2, 0.25) is 0 Å². The summed E-state index contributed by atoms with van der Waals surface area (Å²) >= 11 is 0. The van der Waals surface area contributed by atoms with E-state index in [1.54, 1.807) is 24.4 Å². The Bertz CT molecular complexity index is 344. The van der Waals surface area contributed by atoms with Crippen LogP contribution in [0.3, 0.4) is 0 Å². The average molecular weight is 205 g/mol. The summed E-state index contributed by atoms with van der Waals surface area (Å²) in [4.78, 5) is 15.3. The minimum atomic E-state index is -0.0586. The number of aliphatic hydroxyl groups is 1. The van der Waals surface area contributed by atoms with E-state index in [0.29, 0.717) is 12.1 Å². The van der Waals surface area contributed by atoms with Gasteiger partial charge in [-0.3, -0.25) is 9.78 Å². The van der Waals surface area contributed by atoms with Gasteiger partial charge in [-0.2, -0.15) is 0 Å². The van der Waals surface area contributed by atoms with Gasteiger partial charge in [0, 0.05) is 18.7 Å². The SMILES string of the molecule is CCCCC(=O)/C=C(\O)c1ccccn1. The maximum Gasteiger partial charge on any atom is 0.159 e. The van der Waals surface area contributed by atoms with Crippen LogP contribution in [0.25, 0.3) is 5.76 Å². The van der Waals surface area contributed by atoms with E-state index >= 15 is 0 Å². The second kappa shape index (κ2) is 5.96. The van der Waals surface area contributed by atoms with Crippen molar-refractivity contribution in [3.8, 4) is 0 Å². The monoisotopic (exact) mass is 205 g/mol. The Balaban J connectivity index is 2.64. The average Bonchev–Trinajstić information content (AvgIpc) is 2.27. The van der Waals surface area contributed by atoms with E-state index < -0.39 is 0 Å². The molecule has 0 saturated heterocycles. The summed E-state index contributed by atoms with van der Waals surface area (Å²) in [6.45, 7) is 2.02. The van der Waals surface area contributed by atoms with Gasteiger partial charge >= 0.3 is 0 Å². The van der Waals surface area contributed by atoms with E-state index in [0.717, 1.165) is 12.8 Å². The van der Waals surface area contributed by atoms with E-state index in [-0.39, 0.29) is 11.5 Å². The number of hydrogen-bond donors (Lipinski definition) is 1. The predicted molar refractivity (Wildman–Crippen MR) is 59.4 cm³/mol. The van der Waals surface area contributed by atoms with Gasteiger partial charge in [0.05, 0.1) is 0 Å². The lowest BCUT2D eigenvalue weighted by molar-refractivity contribution is -0.114. The highest BCUT2D eigenvalue weighted by atomic mass is 16.3. The van der Waals surface area contributed by atoms with E-state index in [1.165, 1.54) is 6.08 Å². The van der Waals surface area contributed by atoms with Crippen molar-refractivity contribution in [1.29, 1.82) is 0 Å². The fraction of sp³-hybridized carbons (Fsp3) is 0.333. The Hall–Kier alpha value is -1.64. The number of nitrogens with zero attached hydrogens (tertiary/aromatic N) is 1. The summed E-state index contributed by atoms with van der Waals surface area (Å²) in [5.41, 5.74) is 0.433. The molecule has 0 bridgehead atoms. The van der Waals surface area contributed by atoms with E-state index in [1.807, 2.05) is 6.92 Å². The predicted octanol–water partition coefficient (Wildman–Crippen LogP) is 2.74. The van der Waals surface area contributed by atoms with Crippen molar-refractivity contribution in [2.75, 3.05) is 0 Å². The zero-order valence-corrected chi connectivity index (χ0v) is 8.81. The molecule has 1 aromatic heterocycles. The summed E-state index contributed by atoms with van der Waals surface area (Å²) < 4.78 is 0. The molecule has 1 aromatic rings. The number of unbranched alkanes of at least 4 members (excludes halogenated alkanes) is 1. The van der Waals surface area contributed by atoms with Crippen LogP contribution in [0.2, 0.25) is 0 Å². The summed E-state index contributed by atoms with van der Waals surface area (Å²) in [7, 11) is 0. The van der Waals surface area contributed by atoms with Crippen LogP contribution in [-0.2, 0) is 4.79 Å². The zero-order valence-electron chi connectivity index (χ0n) is 8.81. The largest absolute Gasteiger partial charge is 0.506 e. The van der Waals surface area contributed by atoms with Gasteiger partial charge in [0.15, 0.2) is 5.78 Å². The Morgan fingerprint density at radius 1 is 1.53 bits per heavy atom. The van der Waals surface area contributed by atoms with Gasteiger partial charge in [0.1, 0.15) is 11.5 Å². The molecular formula is C12H15NO2. The molecule has 0 aliphatic heterocycles. The summed E-state index contributed by atoms with van der Waals surface area (Å²) in [5.74, 6) is -0.114. The van der Waals surface area contributed by atoms with Crippen LogP contribution in [0.1, 0.15) is 31.9 Å². The first kappa shape index (κ1) is 11.4. The van der Waals surface area contributed by atoms with Crippen molar-refractivity contribution in [1.82, 2.24) is 4.98 Å². The highest BCUT2D eigenvalue weighted by molar-refractivity contribution is 5.94. The quantitative estimate of drug-likeness (QED) is 0.594. The number of aliphatic hydroxyl groups excluding tert-OH is 1. The first-order valence-electron chi connectivity index (χ1n) is 5.09. The maximum absolute atomic E-state index is 11.3. The van der Waals surface area contributed by atoms with Gasteiger partial charge in [-0.05, 0) is 18.6 Å². The van der Waals surface area contributed by atoms with Crippen molar-refractivity contribution in [2.24, 2.45) is 0 Å². The third-order valence-electron chi connectivity index (χ3n) is 2.00. The van der Waals surface area contributed by atoms with E-state index in [9.17, 15) is 9.90 Å². The molecule has 0 spiro atoms. The molecule has 1 N–H and O–H groups in total. The van der Waals surface area contributed by atoms with Crippen LogP contribution >= 0.6 is 0 Å². The number of hydrogen-bond acceptors (Lipinski definition) is 3. The third-order valence-corrected chi connectivity index (χ3v) is 2.00. The fourth-order valence-electron chi connectivity index (χ4n) is 1.16. The lowest BCUT2D eigenvalue weighted by Crippen LogP contribution is -1.95. The summed E-state index contributed by atoms with van der Waals surface area (Å²) in [5, 5.41) is 9.57. The lowest BCUT2D eigenvalue weighted by Gasteiger charge is -1.98. The summed E-state index contributed by atoms with van der Waals surface area (Å²) in [6.07, 6.45) is 5.13. The van der Waals surface area contributed by atoms with Crippen LogP contribution in [0.15, 0.2) is 30.5 Å². The molecule has 80 valence electrons. The van der Waals surface area contributed by atoms with Gasteiger partial charge in [0.25, 0.3) is 0 Å². The van der Waals surface area contributed by atoms with Crippen molar-refractivity contribution < 1.29 is 9.90 Å². The molecule has 0 saturated carbocycles.